The van der Waals surface area contributed by atoms with Crippen molar-refractivity contribution >= 4 is 17.2 Å². The number of pyridine rings is 1. The predicted molar refractivity (Wildman–Crippen MR) is 88.8 cm³/mol. The standard InChI is InChI=1S/C19H16FNO3/c1-24-19-15(11-23)8-14(10-22)17-7-13(9-21-18(17)19)6-12-2-4-16(20)5-3-12/h2-5,7-9,11,22H,6,10H2,1H3. The molecule has 0 aliphatic carbocycles. The molecule has 3 aromatic rings. The number of rotatable bonds is 5. The first-order chi connectivity index (χ1) is 11.7. The van der Waals surface area contributed by atoms with Gasteiger partial charge in [0.1, 0.15) is 11.3 Å². The largest absolute Gasteiger partial charge is 0.494 e. The summed E-state index contributed by atoms with van der Waals surface area (Å²) in [5.74, 6) is 0.120. The van der Waals surface area contributed by atoms with Crippen molar-refractivity contribution in [2.45, 2.75) is 13.0 Å². The number of fused-ring (bicyclic) bond motifs is 1. The van der Waals surface area contributed by atoms with Crippen LogP contribution in [-0.2, 0) is 13.0 Å². The molecule has 0 radical (unpaired) electrons. The van der Waals surface area contributed by atoms with Crippen LogP contribution in [0.1, 0.15) is 27.0 Å². The fourth-order valence-corrected chi connectivity index (χ4v) is 2.77. The Morgan fingerprint density at radius 1 is 1.21 bits per heavy atom. The highest BCUT2D eigenvalue weighted by atomic mass is 19.1. The summed E-state index contributed by atoms with van der Waals surface area (Å²) < 4.78 is 18.3. The van der Waals surface area contributed by atoms with Gasteiger partial charge in [-0.25, -0.2) is 4.39 Å². The van der Waals surface area contributed by atoms with Crippen LogP contribution in [0.2, 0.25) is 0 Å². The minimum absolute atomic E-state index is 0.205. The van der Waals surface area contributed by atoms with E-state index in [1.807, 2.05) is 6.07 Å². The second-order valence-corrected chi connectivity index (χ2v) is 5.48. The van der Waals surface area contributed by atoms with Gasteiger partial charge < -0.3 is 9.84 Å². The van der Waals surface area contributed by atoms with Crippen molar-refractivity contribution in [2.75, 3.05) is 7.11 Å². The first-order valence-corrected chi connectivity index (χ1v) is 7.45. The number of benzene rings is 2. The molecule has 0 saturated heterocycles. The number of aromatic nitrogens is 1. The number of carbonyl (C=O) groups excluding carboxylic acids is 1. The third-order valence-corrected chi connectivity index (χ3v) is 3.92. The Labute approximate surface area is 138 Å². The number of methoxy groups -OCH3 is 1. The Hall–Kier alpha value is -2.79. The maximum absolute atomic E-state index is 13.0. The van der Waals surface area contributed by atoms with Gasteiger partial charge in [-0.2, -0.15) is 0 Å². The number of nitrogens with zero attached hydrogens (tertiary/aromatic N) is 1. The highest BCUT2D eigenvalue weighted by molar-refractivity contribution is 5.96. The van der Waals surface area contributed by atoms with Crippen LogP contribution in [0.25, 0.3) is 10.9 Å². The first-order valence-electron chi connectivity index (χ1n) is 7.45. The zero-order valence-corrected chi connectivity index (χ0v) is 13.1. The summed E-state index contributed by atoms with van der Waals surface area (Å²) in [6.07, 6.45) is 2.97. The van der Waals surface area contributed by atoms with Gasteiger partial charge in [-0.05, 0) is 47.4 Å². The van der Waals surface area contributed by atoms with Gasteiger partial charge in [0, 0.05) is 11.6 Å². The maximum atomic E-state index is 13.0. The molecule has 122 valence electrons. The van der Waals surface area contributed by atoms with Crippen LogP contribution in [0.15, 0.2) is 42.6 Å². The molecule has 0 amide bonds. The molecule has 0 fully saturated rings. The number of halogens is 1. The molecule has 0 atom stereocenters. The number of hydrogen-bond acceptors (Lipinski definition) is 4. The zero-order valence-electron chi connectivity index (χ0n) is 13.1. The molecule has 0 saturated carbocycles. The first kappa shape index (κ1) is 16.1. The third kappa shape index (κ3) is 2.98. The highest BCUT2D eigenvalue weighted by Gasteiger charge is 2.14. The van der Waals surface area contributed by atoms with Crippen LogP contribution in [-0.4, -0.2) is 23.5 Å². The molecule has 1 N–H and O–H groups in total. The summed E-state index contributed by atoms with van der Waals surface area (Å²) in [7, 11) is 1.48. The lowest BCUT2D eigenvalue weighted by Crippen LogP contribution is -1.99. The molecule has 0 aliphatic heterocycles. The summed E-state index contributed by atoms with van der Waals surface area (Å²) in [6, 6.07) is 9.81. The molecular formula is C19H16FNO3. The van der Waals surface area contributed by atoms with E-state index in [-0.39, 0.29) is 12.4 Å². The second kappa shape index (κ2) is 6.76. The maximum Gasteiger partial charge on any atom is 0.155 e. The van der Waals surface area contributed by atoms with Crippen molar-refractivity contribution in [3.63, 3.8) is 0 Å². The quantitative estimate of drug-likeness (QED) is 0.731. The van der Waals surface area contributed by atoms with Crippen LogP contribution >= 0.6 is 0 Å². The average Bonchev–Trinajstić information content (AvgIpc) is 2.62. The van der Waals surface area contributed by atoms with Gasteiger partial charge in [-0.3, -0.25) is 9.78 Å². The van der Waals surface area contributed by atoms with E-state index in [0.29, 0.717) is 35.1 Å². The number of aliphatic hydroxyl groups is 1. The van der Waals surface area contributed by atoms with Crippen molar-refractivity contribution in [3.05, 3.63) is 70.7 Å². The lowest BCUT2D eigenvalue weighted by Gasteiger charge is -2.12. The van der Waals surface area contributed by atoms with Crippen LogP contribution in [0.5, 0.6) is 5.75 Å². The Bertz CT molecular complexity index is 891. The SMILES string of the molecule is COc1c(C=O)cc(CO)c2cc(Cc3ccc(F)cc3)cnc12. The van der Waals surface area contributed by atoms with E-state index in [0.717, 1.165) is 16.5 Å². The lowest BCUT2D eigenvalue weighted by atomic mass is 10.00. The van der Waals surface area contributed by atoms with Gasteiger partial charge >= 0.3 is 0 Å². The third-order valence-electron chi connectivity index (χ3n) is 3.92. The van der Waals surface area contributed by atoms with Crippen LogP contribution < -0.4 is 4.74 Å². The predicted octanol–water partition coefficient (Wildman–Crippen LogP) is 3.28. The van der Waals surface area contributed by atoms with E-state index in [9.17, 15) is 14.3 Å². The van der Waals surface area contributed by atoms with E-state index in [4.69, 9.17) is 4.74 Å². The number of ether oxygens (including phenoxy) is 1. The average molecular weight is 325 g/mol. The van der Waals surface area contributed by atoms with E-state index in [1.165, 1.54) is 19.2 Å². The van der Waals surface area contributed by atoms with E-state index in [1.54, 1.807) is 24.4 Å². The number of aldehydes is 1. The Balaban J connectivity index is 2.09. The fraction of sp³-hybridized carbons (Fsp3) is 0.158. The van der Waals surface area contributed by atoms with Crippen molar-refractivity contribution in [1.29, 1.82) is 0 Å². The molecule has 2 aromatic carbocycles. The molecule has 0 bridgehead atoms. The molecule has 0 spiro atoms. The second-order valence-electron chi connectivity index (χ2n) is 5.48. The normalized spacial score (nSPS) is 10.8. The number of hydrogen-bond donors (Lipinski definition) is 1. The van der Waals surface area contributed by atoms with Crippen LogP contribution in [0.4, 0.5) is 4.39 Å². The Kier molecular flexibility index (Phi) is 4.53. The molecule has 0 aliphatic rings. The zero-order chi connectivity index (χ0) is 17.1. The molecule has 1 aromatic heterocycles. The molecule has 5 heteroatoms. The molecular weight excluding hydrogens is 309 g/mol. The smallest absolute Gasteiger partial charge is 0.155 e. The monoisotopic (exact) mass is 325 g/mol. The molecule has 3 rings (SSSR count). The summed E-state index contributed by atoms with van der Waals surface area (Å²) in [4.78, 5) is 15.6. The summed E-state index contributed by atoms with van der Waals surface area (Å²) >= 11 is 0. The highest BCUT2D eigenvalue weighted by Crippen LogP contribution is 2.31. The molecule has 0 unspecified atom stereocenters. The van der Waals surface area contributed by atoms with Crippen molar-refractivity contribution in [1.82, 2.24) is 4.98 Å². The summed E-state index contributed by atoms with van der Waals surface area (Å²) in [5.41, 5.74) is 3.38. The van der Waals surface area contributed by atoms with Gasteiger partial charge in [0.2, 0.25) is 0 Å². The van der Waals surface area contributed by atoms with Gasteiger partial charge in [-0.1, -0.05) is 12.1 Å². The van der Waals surface area contributed by atoms with Crippen molar-refractivity contribution < 1.29 is 19.0 Å². The lowest BCUT2D eigenvalue weighted by molar-refractivity contribution is 0.112. The Morgan fingerprint density at radius 2 is 1.96 bits per heavy atom. The van der Waals surface area contributed by atoms with E-state index >= 15 is 0 Å². The van der Waals surface area contributed by atoms with Crippen molar-refractivity contribution in [3.8, 4) is 5.75 Å². The summed E-state index contributed by atoms with van der Waals surface area (Å²) in [5, 5.41) is 10.3. The molecule has 24 heavy (non-hydrogen) atoms. The topological polar surface area (TPSA) is 59.4 Å². The number of carbonyl (C=O) groups is 1. The van der Waals surface area contributed by atoms with Crippen molar-refractivity contribution in [2.24, 2.45) is 0 Å². The van der Waals surface area contributed by atoms with Gasteiger partial charge in [-0.15, -0.1) is 0 Å². The molecule has 1 heterocycles. The van der Waals surface area contributed by atoms with E-state index in [2.05, 4.69) is 4.98 Å². The van der Waals surface area contributed by atoms with E-state index < -0.39 is 0 Å². The molecule has 4 nitrogen and oxygen atoms in total. The van der Waals surface area contributed by atoms with Gasteiger partial charge in [0.25, 0.3) is 0 Å². The Morgan fingerprint density at radius 3 is 2.58 bits per heavy atom. The number of aliphatic hydroxyl groups excluding tert-OH is 1. The van der Waals surface area contributed by atoms with Crippen LogP contribution in [0.3, 0.4) is 0 Å². The minimum Gasteiger partial charge on any atom is -0.494 e. The van der Waals surface area contributed by atoms with Crippen LogP contribution in [0, 0.1) is 5.82 Å². The summed E-state index contributed by atoms with van der Waals surface area (Å²) in [6.45, 7) is -0.205. The minimum atomic E-state index is -0.274. The van der Waals surface area contributed by atoms with Gasteiger partial charge in [0.15, 0.2) is 12.0 Å². The van der Waals surface area contributed by atoms with Gasteiger partial charge in [0.05, 0.1) is 19.3 Å². The fourth-order valence-electron chi connectivity index (χ4n) is 2.77.